The third-order valence-corrected chi connectivity index (χ3v) is 14.3. The molecular weight excluding hydrogens is 869 g/mol. The van der Waals surface area contributed by atoms with E-state index in [0.29, 0.717) is 0 Å². The van der Waals surface area contributed by atoms with Gasteiger partial charge in [0.25, 0.3) is 0 Å². The van der Waals surface area contributed by atoms with Crippen LogP contribution in [0.1, 0.15) is 0 Å². The molecule has 0 saturated carbocycles. The van der Waals surface area contributed by atoms with Gasteiger partial charge in [0.05, 0.1) is 22.4 Å². The standard InChI is InChI=1S/C70H48N2/c1-2-19-51(20-3-1)59-24-6-7-26-61(59)62-27-8-9-28-63(62)64-29-11-15-34-68(64)71(55-45-41-50(42-46-55)49-37-39-53(40-38-49)58-32-18-22-52-21-4-5-23-57(52)58)56-47-43-54(44-48-56)60-25-10-14-33-67(60)72-69-35-16-12-30-65(69)66-31-13-17-36-70(66)72/h1-48H. The summed E-state index contributed by atoms with van der Waals surface area (Å²) in [6, 6.07) is 106. The lowest BCUT2D eigenvalue weighted by molar-refractivity contribution is 1.18. The lowest BCUT2D eigenvalue weighted by Crippen LogP contribution is -2.11. The molecule has 0 spiro atoms. The van der Waals surface area contributed by atoms with Crippen molar-refractivity contribution in [3.63, 3.8) is 0 Å². The van der Waals surface area contributed by atoms with Crippen molar-refractivity contribution in [2.45, 2.75) is 0 Å². The van der Waals surface area contributed by atoms with E-state index in [1.54, 1.807) is 0 Å². The molecule has 0 aliphatic heterocycles. The molecule has 0 aliphatic carbocycles. The fraction of sp³-hybridized carbons (Fsp3) is 0. The molecule has 0 unspecified atom stereocenters. The Morgan fingerprint density at radius 3 is 1.26 bits per heavy atom. The second kappa shape index (κ2) is 18.4. The summed E-state index contributed by atoms with van der Waals surface area (Å²) in [6.45, 7) is 0. The minimum atomic E-state index is 1.06. The van der Waals surface area contributed by atoms with Crippen LogP contribution in [0.4, 0.5) is 17.1 Å². The van der Waals surface area contributed by atoms with Gasteiger partial charge in [0.2, 0.25) is 0 Å². The van der Waals surface area contributed by atoms with Gasteiger partial charge in [0.1, 0.15) is 0 Å². The van der Waals surface area contributed by atoms with Gasteiger partial charge in [-0.25, -0.2) is 0 Å². The van der Waals surface area contributed by atoms with Crippen molar-refractivity contribution >= 4 is 49.6 Å². The maximum atomic E-state index is 2.42. The van der Waals surface area contributed by atoms with Crippen LogP contribution >= 0.6 is 0 Å². The van der Waals surface area contributed by atoms with Gasteiger partial charge < -0.3 is 9.47 Å². The number of nitrogens with zero attached hydrogens (tertiary/aromatic N) is 2. The highest BCUT2D eigenvalue weighted by Crippen LogP contribution is 2.46. The van der Waals surface area contributed by atoms with E-state index in [0.717, 1.165) is 39.4 Å². The van der Waals surface area contributed by atoms with Gasteiger partial charge in [-0.1, -0.05) is 243 Å². The number of anilines is 3. The highest BCUT2D eigenvalue weighted by atomic mass is 15.1. The zero-order valence-corrected chi connectivity index (χ0v) is 39.6. The molecule has 2 nitrogen and oxygen atoms in total. The first-order valence-electron chi connectivity index (χ1n) is 24.8. The van der Waals surface area contributed by atoms with Crippen LogP contribution in [0.15, 0.2) is 291 Å². The molecule has 338 valence electrons. The highest BCUT2D eigenvalue weighted by Gasteiger charge is 2.22. The Bertz CT molecular complexity index is 4010. The third-order valence-electron chi connectivity index (χ3n) is 14.3. The Kier molecular flexibility index (Phi) is 10.9. The highest BCUT2D eigenvalue weighted by molar-refractivity contribution is 6.10. The smallest absolute Gasteiger partial charge is 0.0541 e. The van der Waals surface area contributed by atoms with Crippen molar-refractivity contribution in [3.05, 3.63) is 291 Å². The van der Waals surface area contributed by atoms with Crippen LogP contribution in [0.3, 0.4) is 0 Å². The van der Waals surface area contributed by atoms with Crippen molar-refractivity contribution in [1.29, 1.82) is 0 Å². The number of fused-ring (bicyclic) bond motifs is 4. The average Bonchev–Trinajstić information content (AvgIpc) is 3.80. The van der Waals surface area contributed by atoms with Gasteiger partial charge in [-0.15, -0.1) is 0 Å². The molecule has 1 aromatic heterocycles. The summed E-state index contributed by atoms with van der Waals surface area (Å²) in [7, 11) is 0. The molecule has 2 heteroatoms. The molecule has 0 atom stereocenters. The van der Waals surface area contributed by atoms with Crippen LogP contribution in [-0.2, 0) is 0 Å². The molecule has 72 heavy (non-hydrogen) atoms. The molecule has 0 radical (unpaired) electrons. The molecule has 0 fully saturated rings. The SMILES string of the molecule is c1ccc(-c2ccccc2-c2ccccc2-c2ccccc2N(c2ccc(-c3ccc(-c4cccc5ccccc45)cc3)cc2)c2ccc(-c3ccccc3-n3c4ccccc4c4ccccc43)cc2)cc1. The minimum Gasteiger partial charge on any atom is -0.310 e. The first-order valence-corrected chi connectivity index (χ1v) is 24.8. The molecule has 0 N–H and O–H groups in total. The van der Waals surface area contributed by atoms with Gasteiger partial charge in [-0.3, -0.25) is 0 Å². The van der Waals surface area contributed by atoms with E-state index in [4.69, 9.17) is 0 Å². The average molecular weight is 917 g/mol. The van der Waals surface area contributed by atoms with Crippen LogP contribution in [-0.4, -0.2) is 4.57 Å². The molecule has 13 rings (SSSR count). The summed E-state index contributed by atoms with van der Waals surface area (Å²) in [5.74, 6) is 0. The van der Waals surface area contributed by atoms with Crippen LogP contribution in [0, 0.1) is 0 Å². The normalized spacial score (nSPS) is 11.3. The second-order valence-corrected chi connectivity index (χ2v) is 18.4. The van der Waals surface area contributed by atoms with Gasteiger partial charge >= 0.3 is 0 Å². The first-order chi connectivity index (χ1) is 35.7. The Labute approximate surface area is 420 Å². The molecule has 13 aromatic rings. The monoisotopic (exact) mass is 916 g/mol. The third kappa shape index (κ3) is 7.63. The van der Waals surface area contributed by atoms with E-state index in [-0.39, 0.29) is 0 Å². The number of aromatic nitrogens is 1. The fourth-order valence-corrected chi connectivity index (χ4v) is 10.9. The Morgan fingerprint density at radius 2 is 0.611 bits per heavy atom. The molecule has 1 heterocycles. The van der Waals surface area contributed by atoms with E-state index in [9.17, 15) is 0 Å². The van der Waals surface area contributed by atoms with Gasteiger partial charge in [-0.05, 0) is 115 Å². The van der Waals surface area contributed by atoms with Gasteiger partial charge in [0.15, 0.2) is 0 Å². The van der Waals surface area contributed by atoms with Crippen molar-refractivity contribution < 1.29 is 0 Å². The second-order valence-electron chi connectivity index (χ2n) is 18.4. The topological polar surface area (TPSA) is 8.17 Å². The molecule has 12 aromatic carbocycles. The number of benzene rings is 12. The first kappa shape index (κ1) is 42.6. The lowest BCUT2D eigenvalue weighted by Gasteiger charge is -2.29. The Morgan fingerprint density at radius 1 is 0.222 bits per heavy atom. The van der Waals surface area contributed by atoms with Gasteiger partial charge in [0, 0.05) is 33.3 Å². The van der Waals surface area contributed by atoms with Crippen LogP contribution in [0.5, 0.6) is 0 Å². The fourth-order valence-electron chi connectivity index (χ4n) is 10.9. The summed E-state index contributed by atoms with van der Waals surface area (Å²) in [6.07, 6.45) is 0. The zero-order chi connectivity index (χ0) is 47.8. The molecule has 0 amide bonds. The maximum absolute atomic E-state index is 2.42. The number of para-hydroxylation sites is 4. The van der Waals surface area contributed by atoms with E-state index < -0.39 is 0 Å². The molecule has 0 bridgehead atoms. The zero-order valence-electron chi connectivity index (χ0n) is 39.6. The van der Waals surface area contributed by atoms with Crippen molar-refractivity contribution in [1.82, 2.24) is 4.57 Å². The van der Waals surface area contributed by atoms with Crippen LogP contribution in [0.2, 0.25) is 0 Å². The predicted octanol–water partition coefficient (Wildman–Crippen LogP) is 19.4. The summed E-state index contributed by atoms with van der Waals surface area (Å²) in [5.41, 5.74) is 21.0. The number of hydrogen-bond donors (Lipinski definition) is 0. The summed E-state index contributed by atoms with van der Waals surface area (Å²) < 4.78 is 2.42. The van der Waals surface area contributed by atoms with E-state index in [1.165, 1.54) is 82.6 Å². The quantitative estimate of drug-likeness (QED) is 0.133. The minimum absolute atomic E-state index is 1.06. The Balaban J connectivity index is 0.929. The maximum Gasteiger partial charge on any atom is 0.0541 e. The lowest BCUT2D eigenvalue weighted by atomic mass is 9.88. The van der Waals surface area contributed by atoms with Crippen molar-refractivity contribution in [2.75, 3.05) is 4.90 Å². The molecule has 0 aliphatic rings. The van der Waals surface area contributed by atoms with Crippen LogP contribution < -0.4 is 4.90 Å². The van der Waals surface area contributed by atoms with Gasteiger partial charge in [-0.2, -0.15) is 0 Å². The van der Waals surface area contributed by atoms with Crippen molar-refractivity contribution in [2.24, 2.45) is 0 Å². The van der Waals surface area contributed by atoms with E-state index >= 15 is 0 Å². The molecular formula is C70H48N2. The predicted molar refractivity (Wildman–Crippen MR) is 306 cm³/mol. The van der Waals surface area contributed by atoms with Crippen LogP contribution in [0.25, 0.3) is 105 Å². The summed E-state index contributed by atoms with van der Waals surface area (Å²) in [5, 5.41) is 5.02. The number of rotatable bonds is 10. The Hall–Kier alpha value is -9.50. The summed E-state index contributed by atoms with van der Waals surface area (Å²) in [4.78, 5) is 2.42. The molecule has 0 saturated heterocycles. The summed E-state index contributed by atoms with van der Waals surface area (Å²) >= 11 is 0. The largest absolute Gasteiger partial charge is 0.310 e. The van der Waals surface area contributed by atoms with E-state index in [1.807, 2.05) is 0 Å². The van der Waals surface area contributed by atoms with Crippen molar-refractivity contribution in [3.8, 4) is 72.4 Å². The van der Waals surface area contributed by atoms with E-state index in [2.05, 4.69) is 301 Å². The number of hydrogen-bond acceptors (Lipinski definition) is 1.